The number of benzene rings is 1. The third-order valence-electron chi connectivity index (χ3n) is 4.02. The van der Waals surface area contributed by atoms with Crippen molar-refractivity contribution in [2.75, 3.05) is 32.8 Å². The summed E-state index contributed by atoms with van der Waals surface area (Å²) in [5.74, 6) is 1.89. The first kappa shape index (κ1) is 21.0. The zero-order valence-electron chi connectivity index (χ0n) is 14.9. The van der Waals surface area contributed by atoms with Gasteiger partial charge in [-0.3, -0.25) is 4.99 Å². The molecule has 1 heterocycles. The molecule has 136 valence electrons. The highest BCUT2D eigenvalue weighted by atomic mass is 127. The van der Waals surface area contributed by atoms with Crippen LogP contribution in [0.4, 0.5) is 0 Å². The van der Waals surface area contributed by atoms with Crippen molar-refractivity contribution in [3.8, 4) is 5.75 Å². The van der Waals surface area contributed by atoms with Gasteiger partial charge < -0.3 is 20.1 Å². The smallest absolute Gasteiger partial charge is 0.194 e. The standard InChI is InChI=1S/C18H29N3O2.HI/c1-4-19-18(21-11-9-16(22)13-21)20-10-6-12-23-17-14(2)7-5-8-15(17)3;/h5,7-8,16,22H,4,6,9-13H2,1-3H3,(H,19,20);1H/t16-;/m1./s1. The molecule has 1 aromatic carbocycles. The van der Waals surface area contributed by atoms with E-state index in [2.05, 4.69) is 54.2 Å². The van der Waals surface area contributed by atoms with Crippen molar-refractivity contribution in [1.82, 2.24) is 10.2 Å². The molecule has 5 nitrogen and oxygen atoms in total. The second kappa shape index (κ2) is 10.8. The Bertz CT molecular complexity index is 517. The lowest BCUT2D eigenvalue weighted by molar-refractivity contribution is 0.187. The molecule has 0 saturated carbocycles. The number of nitrogens with zero attached hydrogens (tertiary/aromatic N) is 2. The van der Waals surface area contributed by atoms with Crippen molar-refractivity contribution < 1.29 is 9.84 Å². The minimum Gasteiger partial charge on any atom is -0.493 e. The lowest BCUT2D eigenvalue weighted by atomic mass is 10.1. The Morgan fingerprint density at radius 3 is 2.67 bits per heavy atom. The van der Waals surface area contributed by atoms with Gasteiger partial charge >= 0.3 is 0 Å². The van der Waals surface area contributed by atoms with Gasteiger partial charge in [0.05, 0.1) is 12.7 Å². The molecule has 0 bridgehead atoms. The molecule has 1 aromatic rings. The number of ether oxygens (including phenoxy) is 1. The maximum Gasteiger partial charge on any atom is 0.194 e. The van der Waals surface area contributed by atoms with Crippen molar-refractivity contribution in [2.45, 2.75) is 39.7 Å². The lowest BCUT2D eigenvalue weighted by Crippen LogP contribution is -2.40. The van der Waals surface area contributed by atoms with Gasteiger partial charge in [-0.1, -0.05) is 18.2 Å². The number of para-hydroxylation sites is 1. The number of β-amino-alcohol motifs (C(OH)–C–C–N with tert-alkyl or cyclic N) is 1. The molecule has 0 unspecified atom stereocenters. The van der Waals surface area contributed by atoms with Crippen LogP contribution in [0.2, 0.25) is 0 Å². The van der Waals surface area contributed by atoms with Crippen molar-refractivity contribution in [3.05, 3.63) is 29.3 Å². The first-order valence-electron chi connectivity index (χ1n) is 8.52. The molecule has 2 N–H and O–H groups in total. The molecule has 1 aliphatic rings. The third kappa shape index (κ3) is 6.12. The number of halogens is 1. The molecule has 0 aliphatic carbocycles. The molecule has 0 aromatic heterocycles. The number of guanidine groups is 1. The van der Waals surface area contributed by atoms with E-state index in [-0.39, 0.29) is 30.1 Å². The van der Waals surface area contributed by atoms with Crippen LogP contribution in [0, 0.1) is 13.8 Å². The monoisotopic (exact) mass is 447 g/mol. The molecule has 0 amide bonds. The number of aliphatic hydroxyl groups excluding tert-OH is 1. The summed E-state index contributed by atoms with van der Waals surface area (Å²) < 4.78 is 5.91. The number of likely N-dealkylation sites (tertiary alicyclic amines) is 1. The van der Waals surface area contributed by atoms with Crippen molar-refractivity contribution >= 4 is 29.9 Å². The Morgan fingerprint density at radius 2 is 2.08 bits per heavy atom. The van der Waals surface area contributed by atoms with Crippen LogP contribution >= 0.6 is 24.0 Å². The zero-order chi connectivity index (χ0) is 16.7. The SMILES string of the molecule is CCNC(=NCCCOc1c(C)cccc1C)N1CC[C@@H](O)C1.I. The number of hydrogen-bond donors (Lipinski definition) is 2. The largest absolute Gasteiger partial charge is 0.493 e. The van der Waals surface area contributed by atoms with Gasteiger partial charge in [0.15, 0.2) is 5.96 Å². The molecule has 1 fully saturated rings. The summed E-state index contributed by atoms with van der Waals surface area (Å²) in [6.07, 6.45) is 1.46. The summed E-state index contributed by atoms with van der Waals surface area (Å²) in [6, 6.07) is 6.19. The Morgan fingerprint density at radius 1 is 1.38 bits per heavy atom. The van der Waals surface area contributed by atoms with Crippen LogP contribution in [-0.2, 0) is 0 Å². The number of hydrogen-bond acceptors (Lipinski definition) is 3. The summed E-state index contributed by atoms with van der Waals surface area (Å²) in [5.41, 5.74) is 2.35. The normalized spacial score (nSPS) is 17.6. The maximum atomic E-state index is 9.66. The first-order chi connectivity index (χ1) is 11.1. The van der Waals surface area contributed by atoms with Gasteiger partial charge in [0.25, 0.3) is 0 Å². The predicted molar refractivity (Wildman–Crippen MR) is 110 cm³/mol. The van der Waals surface area contributed by atoms with Gasteiger partial charge in [0.2, 0.25) is 0 Å². The summed E-state index contributed by atoms with van der Waals surface area (Å²) >= 11 is 0. The van der Waals surface area contributed by atoms with Gasteiger partial charge in [0, 0.05) is 32.6 Å². The molecule has 1 atom stereocenters. The van der Waals surface area contributed by atoms with Crippen LogP contribution < -0.4 is 10.1 Å². The number of aryl methyl sites for hydroxylation is 2. The van der Waals surface area contributed by atoms with E-state index >= 15 is 0 Å². The second-order valence-electron chi connectivity index (χ2n) is 6.05. The van der Waals surface area contributed by atoms with Crippen molar-refractivity contribution in [2.24, 2.45) is 4.99 Å². The Kier molecular flexibility index (Phi) is 9.43. The summed E-state index contributed by atoms with van der Waals surface area (Å²) in [7, 11) is 0. The van der Waals surface area contributed by atoms with Crippen LogP contribution in [0.1, 0.15) is 30.9 Å². The average molecular weight is 447 g/mol. The molecule has 6 heteroatoms. The average Bonchev–Trinajstić information content (AvgIpc) is 2.95. The van der Waals surface area contributed by atoms with E-state index in [1.807, 2.05) is 0 Å². The minimum atomic E-state index is -0.230. The maximum absolute atomic E-state index is 9.66. The predicted octanol–water partition coefficient (Wildman–Crippen LogP) is 2.72. The summed E-state index contributed by atoms with van der Waals surface area (Å²) in [6.45, 7) is 9.97. The molecule has 0 spiro atoms. The third-order valence-corrected chi connectivity index (χ3v) is 4.02. The number of rotatable bonds is 6. The number of nitrogens with one attached hydrogen (secondary N) is 1. The topological polar surface area (TPSA) is 57.1 Å². The van der Waals surface area contributed by atoms with Crippen LogP contribution in [0.25, 0.3) is 0 Å². The van der Waals surface area contributed by atoms with Crippen LogP contribution in [0.5, 0.6) is 5.75 Å². The van der Waals surface area contributed by atoms with Crippen molar-refractivity contribution in [1.29, 1.82) is 0 Å². The zero-order valence-corrected chi connectivity index (χ0v) is 17.2. The van der Waals surface area contributed by atoms with E-state index < -0.39 is 0 Å². The highest BCUT2D eigenvalue weighted by Crippen LogP contribution is 2.22. The van der Waals surface area contributed by atoms with Gasteiger partial charge in [-0.2, -0.15) is 0 Å². The van der Waals surface area contributed by atoms with Gasteiger partial charge in [-0.05, 0) is 38.3 Å². The van der Waals surface area contributed by atoms with Gasteiger partial charge in [-0.15, -0.1) is 24.0 Å². The fourth-order valence-corrected chi connectivity index (χ4v) is 2.81. The van der Waals surface area contributed by atoms with Crippen LogP contribution in [0.3, 0.4) is 0 Å². The second-order valence-corrected chi connectivity index (χ2v) is 6.05. The Hall–Kier alpha value is -1.02. The number of aliphatic hydroxyl groups is 1. The molecule has 0 radical (unpaired) electrons. The van der Waals surface area contributed by atoms with E-state index in [1.54, 1.807) is 0 Å². The highest BCUT2D eigenvalue weighted by molar-refractivity contribution is 14.0. The Balaban J connectivity index is 0.00000288. The summed E-state index contributed by atoms with van der Waals surface area (Å²) in [4.78, 5) is 6.77. The van der Waals surface area contributed by atoms with E-state index in [4.69, 9.17) is 4.74 Å². The molecule has 1 saturated heterocycles. The molecular formula is C18H30IN3O2. The minimum absolute atomic E-state index is 0. The first-order valence-corrected chi connectivity index (χ1v) is 8.52. The van der Waals surface area contributed by atoms with Crippen molar-refractivity contribution in [3.63, 3.8) is 0 Å². The number of aliphatic imine (C=N–C) groups is 1. The van der Waals surface area contributed by atoms with Crippen LogP contribution in [-0.4, -0.2) is 54.9 Å². The van der Waals surface area contributed by atoms with Gasteiger partial charge in [0.1, 0.15) is 5.75 Å². The van der Waals surface area contributed by atoms with E-state index in [0.717, 1.165) is 44.2 Å². The van der Waals surface area contributed by atoms with E-state index in [0.29, 0.717) is 13.2 Å². The van der Waals surface area contributed by atoms with E-state index in [9.17, 15) is 5.11 Å². The van der Waals surface area contributed by atoms with Crippen LogP contribution in [0.15, 0.2) is 23.2 Å². The molecule has 1 aliphatic heterocycles. The van der Waals surface area contributed by atoms with Gasteiger partial charge in [-0.25, -0.2) is 0 Å². The lowest BCUT2D eigenvalue weighted by Gasteiger charge is -2.21. The fourth-order valence-electron chi connectivity index (χ4n) is 2.81. The highest BCUT2D eigenvalue weighted by Gasteiger charge is 2.22. The Labute approximate surface area is 162 Å². The quantitative estimate of drug-likeness (QED) is 0.305. The molecule has 24 heavy (non-hydrogen) atoms. The molecular weight excluding hydrogens is 417 g/mol. The summed E-state index contributed by atoms with van der Waals surface area (Å²) in [5, 5.41) is 13.0. The fraction of sp³-hybridized carbons (Fsp3) is 0.611. The molecule has 2 rings (SSSR count). The van der Waals surface area contributed by atoms with E-state index in [1.165, 1.54) is 11.1 Å².